The Balaban J connectivity index is 1.69. The summed E-state index contributed by atoms with van der Waals surface area (Å²) in [5.74, 6) is -3.43. The molecule has 160 valence electrons. The topological polar surface area (TPSA) is 117 Å². The van der Waals surface area contributed by atoms with E-state index in [0.717, 1.165) is 12.1 Å². The number of hydrogen-bond acceptors (Lipinski definition) is 5. The van der Waals surface area contributed by atoms with E-state index in [-0.39, 0.29) is 17.0 Å². The summed E-state index contributed by atoms with van der Waals surface area (Å²) < 4.78 is 19.8. The van der Waals surface area contributed by atoms with Crippen molar-refractivity contribution in [3.63, 3.8) is 0 Å². The van der Waals surface area contributed by atoms with Gasteiger partial charge in [0, 0.05) is 5.56 Å². The van der Waals surface area contributed by atoms with Gasteiger partial charge in [0.25, 0.3) is 11.8 Å². The Kier molecular flexibility index (Phi) is 5.15. The number of amides is 4. The largest absolute Gasteiger partial charge is 0.478 e. The summed E-state index contributed by atoms with van der Waals surface area (Å²) in [7, 11) is 0. The molecule has 3 aromatic rings. The second-order valence-electron chi connectivity index (χ2n) is 6.95. The monoisotopic (exact) mass is 434 g/mol. The number of carbonyl (C=O) groups is 4. The van der Waals surface area contributed by atoms with Gasteiger partial charge in [-0.05, 0) is 48.9 Å². The van der Waals surface area contributed by atoms with Crippen LogP contribution in [-0.2, 0) is 9.59 Å². The van der Waals surface area contributed by atoms with Crippen molar-refractivity contribution in [2.45, 2.75) is 6.92 Å². The van der Waals surface area contributed by atoms with Crippen LogP contribution in [0.3, 0.4) is 0 Å². The Morgan fingerprint density at radius 3 is 2.56 bits per heavy atom. The van der Waals surface area contributed by atoms with Crippen LogP contribution in [0.5, 0.6) is 0 Å². The van der Waals surface area contributed by atoms with Crippen molar-refractivity contribution in [2.75, 3.05) is 4.90 Å². The fourth-order valence-corrected chi connectivity index (χ4v) is 3.24. The van der Waals surface area contributed by atoms with Crippen LogP contribution in [0.15, 0.2) is 64.6 Å². The van der Waals surface area contributed by atoms with Crippen molar-refractivity contribution in [3.05, 3.63) is 82.9 Å². The molecule has 1 fully saturated rings. The number of carboxylic acids is 1. The molecule has 0 atom stereocenters. The average molecular weight is 434 g/mol. The van der Waals surface area contributed by atoms with Crippen LogP contribution in [-0.4, -0.2) is 28.9 Å². The first-order chi connectivity index (χ1) is 15.3. The van der Waals surface area contributed by atoms with Crippen molar-refractivity contribution in [3.8, 4) is 11.3 Å². The summed E-state index contributed by atoms with van der Waals surface area (Å²) in [6.07, 6.45) is 1.13. The lowest BCUT2D eigenvalue weighted by Crippen LogP contribution is -2.54. The highest BCUT2D eigenvalue weighted by atomic mass is 19.1. The molecule has 4 rings (SSSR count). The number of nitrogens with one attached hydrogen (secondary N) is 1. The first kappa shape index (κ1) is 20.7. The average Bonchev–Trinajstić information content (AvgIpc) is 3.21. The number of nitrogens with zero attached hydrogens (tertiary/aromatic N) is 1. The van der Waals surface area contributed by atoms with E-state index in [1.165, 1.54) is 30.3 Å². The molecule has 8 nitrogen and oxygen atoms in total. The molecule has 0 spiro atoms. The molecular weight excluding hydrogens is 419 g/mol. The number of para-hydroxylation sites is 1. The molecule has 32 heavy (non-hydrogen) atoms. The molecule has 1 aliphatic heterocycles. The van der Waals surface area contributed by atoms with Gasteiger partial charge in [-0.25, -0.2) is 18.9 Å². The fraction of sp³-hybridized carbons (Fsp3) is 0.0435. The Labute approximate surface area is 180 Å². The molecule has 2 heterocycles. The number of aromatic carboxylic acids is 1. The van der Waals surface area contributed by atoms with Gasteiger partial charge >= 0.3 is 12.0 Å². The summed E-state index contributed by atoms with van der Waals surface area (Å²) >= 11 is 0. The fourth-order valence-electron chi connectivity index (χ4n) is 3.24. The third-order valence-corrected chi connectivity index (χ3v) is 4.86. The minimum Gasteiger partial charge on any atom is -0.478 e. The Morgan fingerprint density at radius 2 is 1.84 bits per heavy atom. The van der Waals surface area contributed by atoms with E-state index in [0.29, 0.717) is 21.8 Å². The molecule has 1 aliphatic rings. The lowest BCUT2D eigenvalue weighted by Gasteiger charge is -2.26. The predicted octanol–water partition coefficient (Wildman–Crippen LogP) is 3.76. The van der Waals surface area contributed by atoms with Crippen molar-refractivity contribution in [1.82, 2.24) is 5.32 Å². The first-order valence-corrected chi connectivity index (χ1v) is 9.36. The van der Waals surface area contributed by atoms with Gasteiger partial charge in [-0.3, -0.25) is 14.9 Å². The van der Waals surface area contributed by atoms with Crippen molar-refractivity contribution in [1.29, 1.82) is 0 Å². The zero-order valence-electron chi connectivity index (χ0n) is 16.6. The number of benzene rings is 2. The zero-order chi connectivity index (χ0) is 23.0. The number of anilines is 1. The Hall–Kier alpha value is -4.53. The molecule has 4 amide bonds. The van der Waals surface area contributed by atoms with Crippen LogP contribution >= 0.6 is 0 Å². The summed E-state index contributed by atoms with van der Waals surface area (Å²) in [5.41, 5.74) is 0.454. The number of rotatable bonds is 4. The maximum absolute atomic E-state index is 14.1. The van der Waals surface area contributed by atoms with Crippen molar-refractivity contribution >= 4 is 35.6 Å². The number of urea groups is 1. The summed E-state index contributed by atoms with van der Waals surface area (Å²) in [6.45, 7) is 1.67. The molecule has 2 aromatic carbocycles. The lowest BCUT2D eigenvalue weighted by molar-refractivity contribution is -0.122. The molecule has 0 saturated carbocycles. The maximum atomic E-state index is 14.1. The van der Waals surface area contributed by atoms with Crippen LogP contribution in [0, 0.1) is 12.7 Å². The van der Waals surface area contributed by atoms with E-state index in [2.05, 4.69) is 0 Å². The van der Waals surface area contributed by atoms with Crippen LogP contribution in [0.25, 0.3) is 17.4 Å². The molecule has 0 aliphatic carbocycles. The lowest BCUT2D eigenvalue weighted by atomic mass is 10.0. The van der Waals surface area contributed by atoms with E-state index in [1.807, 2.05) is 5.32 Å². The highest BCUT2D eigenvalue weighted by Crippen LogP contribution is 2.28. The number of halogens is 1. The molecule has 0 bridgehead atoms. The van der Waals surface area contributed by atoms with Gasteiger partial charge in [0.05, 0.1) is 11.3 Å². The van der Waals surface area contributed by atoms with E-state index in [4.69, 9.17) is 4.42 Å². The zero-order valence-corrected chi connectivity index (χ0v) is 16.6. The molecule has 2 N–H and O–H groups in total. The maximum Gasteiger partial charge on any atom is 0.336 e. The molecule has 1 saturated heterocycles. The van der Waals surface area contributed by atoms with Gasteiger partial charge in [-0.2, -0.15) is 0 Å². The van der Waals surface area contributed by atoms with Gasteiger partial charge in [-0.1, -0.05) is 24.3 Å². The number of barbiturate groups is 1. The van der Waals surface area contributed by atoms with Gasteiger partial charge < -0.3 is 9.52 Å². The normalized spacial score (nSPS) is 15.2. The third-order valence-electron chi connectivity index (χ3n) is 4.86. The number of hydrogen-bond donors (Lipinski definition) is 2. The number of carbonyl (C=O) groups excluding carboxylic acids is 3. The van der Waals surface area contributed by atoms with Gasteiger partial charge in [0.1, 0.15) is 22.9 Å². The SMILES string of the molecule is Cc1ccc(-c2ccc(C=C3C(=O)NC(=O)N(c4ccccc4F)C3=O)o2)cc1C(=O)O. The van der Waals surface area contributed by atoms with Crippen LogP contribution < -0.4 is 10.2 Å². The predicted molar refractivity (Wildman–Crippen MR) is 111 cm³/mol. The minimum absolute atomic E-state index is 0.110. The van der Waals surface area contributed by atoms with Crippen molar-refractivity contribution in [2.24, 2.45) is 0 Å². The molecule has 9 heteroatoms. The highest BCUT2D eigenvalue weighted by Gasteiger charge is 2.38. The van der Waals surface area contributed by atoms with Crippen LogP contribution in [0.1, 0.15) is 21.7 Å². The van der Waals surface area contributed by atoms with E-state index < -0.39 is 35.2 Å². The second kappa shape index (κ2) is 7.95. The number of imide groups is 2. The minimum atomic E-state index is -1.08. The molecule has 0 unspecified atom stereocenters. The third kappa shape index (κ3) is 3.67. The highest BCUT2D eigenvalue weighted by molar-refractivity contribution is 6.39. The molecule has 0 radical (unpaired) electrons. The smallest absolute Gasteiger partial charge is 0.336 e. The Bertz CT molecular complexity index is 1320. The van der Waals surface area contributed by atoms with Gasteiger partial charge in [0.2, 0.25) is 0 Å². The standard InChI is InChI=1S/C23H15FN2O6/c1-12-6-7-13(10-15(12)22(29)30)19-9-8-14(32-19)11-16-20(27)25-23(31)26(21(16)28)18-5-3-2-4-17(18)24/h2-11H,1H3,(H,29,30)(H,25,27,31). The van der Waals surface area contributed by atoms with E-state index >= 15 is 0 Å². The number of aryl methyl sites for hydroxylation is 1. The summed E-state index contributed by atoms with van der Waals surface area (Å²) in [5, 5.41) is 11.3. The van der Waals surface area contributed by atoms with Crippen LogP contribution in [0.4, 0.5) is 14.9 Å². The molecular formula is C23H15FN2O6. The Morgan fingerprint density at radius 1 is 1.09 bits per heavy atom. The summed E-state index contributed by atoms with van der Waals surface area (Å²) in [6, 6.07) is 11.9. The van der Waals surface area contributed by atoms with Gasteiger partial charge in [0.15, 0.2) is 0 Å². The number of carboxylic acid groups (broad SMARTS) is 1. The summed E-state index contributed by atoms with van der Waals surface area (Å²) in [4.78, 5) is 49.2. The molecule has 1 aromatic heterocycles. The van der Waals surface area contributed by atoms with Crippen LogP contribution in [0.2, 0.25) is 0 Å². The number of furan rings is 1. The van der Waals surface area contributed by atoms with E-state index in [9.17, 15) is 28.7 Å². The van der Waals surface area contributed by atoms with Crippen molar-refractivity contribution < 1.29 is 33.1 Å². The van der Waals surface area contributed by atoms with Gasteiger partial charge in [-0.15, -0.1) is 0 Å². The first-order valence-electron chi connectivity index (χ1n) is 9.36. The second-order valence-corrected chi connectivity index (χ2v) is 6.95. The quantitative estimate of drug-likeness (QED) is 0.477. The van der Waals surface area contributed by atoms with E-state index in [1.54, 1.807) is 25.1 Å².